The van der Waals surface area contributed by atoms with Gasteiger partial charge in [0.05, 0.1) is 5.54 Å². The van der Waals surface area contributed by atoms with Crippen LogP contribution in [0, 0.1) is 0 Å². The van der Waals surface area contributed by atoms with Gasteiger partial charge in [-0.2, -0.15) is 0 Å². The molecule has 2 rings (SSSR count). The molecule has 1 aromatic rings. The van der Waals surface area contributed by atoms with Crippen LogP contribution in [-0.4, -0.2) is 32.7 Å². The number of imide groups is 1. The Kier molecular flexibility index (Phi) is 5.43. The number of aromatic hydroxyl groups is 1. The minimum absolute atomic E-state index is 0.277. The van der Waals surface area contributed by atoms with Gasteiger partial charge in [0.15, 0.2) is 0 Å². The summed E-state index contributed by atoms with van der Waals surface area (Å²) >= 11 is 0. The molecule has 0 saturated carbocycles. The molecule has 0 bridgehead atoms. The van der Waals surface area contributed by atoms with Gasteiger partial charge in [-0.25, -0.2) is 10.3 Å². The summed E-state index contributed by atoms with van der Waals surface area (Å²) in [5.74, 6) is -0.152. The van der Waals surface area contributed by atoms with Gasteiger partial charge < -0.3 is 5.11 Å². The van der Waals surface area contributed by atoms with Gasteiger partial charge in [-0.3, -0.25) is 14.9 Å². The summed E-state index contributed by atoms with van der Waals surface area (Å²) in [6, 6.07) is 2.95. The maximum absolute atomic E-state index is 12.8. The van der Waals surface area contributed by atoms with E-state index in [0.717, 1.165) is 21.6 Å². The van der Waals surface area contributed by atoms with Crippen LogP contribution >= 0.6 is 0 Å². The average molecular weight is 389 g/mol. The Bertz CT molecular complexity index is 804. The predicted molar refractivity (Wildman–Crippen MR) is 109 cm³/mol. The summed E-state index contributed by atoms with van der Waals surface area (Å²) in [6.07, 6.45) is 2.15. The van der Waals surface area contributed by atoms with Crippen LogP contribution in [0.25, 0.3) is 6.08 Å². The van der Waals surface area contributed by atoms with Gasteiger partial charge in [-0.1, -0.05) is 41.5 Å². The molecule has 154 valence electrons. The van der Waals surface area contributed by atoms with Gasteiger partial charge in [-0.05, 0) is 48.4 Å². The smallest absolute Gasteiger partial charge is 0.348 e. The molecule has 1 aromatic carbocycles. The highest BCUT2D eigenvalue weighted by molar-refractivity contribution is 6.09. The molecular weight excluding hydrogens is 356 g/mol. The quantitative estimate of drug-likeness (QED) is 0.376. The molecule has 0 unspecified atom stereocenters. The van der Waals surface area contributed by atoms with Crippen molar-refractivity contribution in [2.45, 2.75) is 78.2 Å². The number of rotatable bonds is 1. The summed E-state index contributed by atoms with van der Waals surface area (Å²) in [7, 11) is 0. The Morgan fingerprint density at radius 3 is 1.96 bits per heavy atom. The Morgan fingerprint density at radius 1 is 1.11 bits per heavy atom. The van der Waals surface area contributed by atoms with E-state index in [1.807, 2.05) is 53.7 Å². The van der Waals surface area contributed by atoms with Crippen molar-refractivity contribution in [2.24, 2.45) is 0 Å². The molecule has 0 atom stereocenters. The summed E-state index contributed by atoms with van der Waals surface area (Å²) in [5, 5.41) is 19.8. The highest BCUT2D eigenvalue weighted by Gasteiger charge is 2.45. The zero-order chi connectivity index (χ0) is 21.7. The van der Waals surface area contributed by atoms with E-state index < -0.39 is 17.5 Å². The summed E-state index contributed by atoms with van der Waals surface area (Å²) in [6.45, 7) is 15.7. The minimum atomic E-state index is -0.838. The number of hydrogen-bond donors (Lipinski definition) is 3. The predicted octanol–water partition coefficient (Wildman–Crippen LogP) is 4.48. The molecule has 1 fully saturated rings. The van der Waals surface area contributed by atoms with Crippen molar-refractivity contribution < 1.29 is 19.9 Å². The standard InChI is InChI=1S/C22H32N2O4/c1-20(2,3)15-10-13(11-16(17(15)25)21(4,5)6)9-14-12-22(7,8)24(18(14)26)19(27)23-28/h9-11,25,28H,12H2,1-8H3,(H,23,27). The summed E-state index contributed by atoms with van der Waals surface area (Å²) < 4.78 is 0. The molecule has 3 amide bonds. The number of urea groups is 1. The van der Waals surface area contributed by atoms with Crippen molar-refractivity contribution in [3.05, 3.63) is 34.4 Å². The molecule has 28 heavy (non-hydrogen) atoms. The van der Waals surface area contributed by atoms with E-state index in [4.69, 9.17) is 5.21 Å². The minimum Gasteiger partial charge on any atom is -0.507 e. The second-order valence-electron chi connectivity index (χ2n) is 10.2. The number of carbonyl (C=O) groups is 2. The number of phenolic OH excluding ortho intramolecular Hbond substituents is 1. The number of phenols is 1. The first-order valence-corrected chi connectivity index (χ1v) is 9.47. The van der Waals surface area contributed by atoms with Crippen molar-refractivity contribution >= 4 is 18.0 Å². The lowest BCUT2D eigenvalue weighted by Gasteiger charge is -2.28. The molecule has 3 N–H and O–H groups in total. The van der Waals surface area contributed by atoms with Crippen LogP contribution in [0.5, 0.6) is 5.75 Å². The van der Waals surface area contributed by atoms with Crippen molar-refractivity contribution in [1.82, 2.24) is 10.4 Å². The van der Waals surface area contributed by atoms with E-state index in [9.17, 15) is 14.7 Å². The van der Waals surface area contributed by atoms with Crippen LogP contribution in [-0.2, 0) is 15.6 Å². The Morgan fingerprint density at radius 2 is 1.57 bits per heavy atom. The molecular formula is C22H32N2O4. The fourth-order valence-electron chi connectivity index (χ4n) is 3.65. The number of carbonyl (C=O) groups excluding carboxylic acids is 2. The number of hydrogen-bond acceptors (Lipinski definition) is 4. The molecule has 1 aliphatic rings. The second kappa shape index (κ2) is 6.92. The average Bonchev–Trinajstić information content (AvgIpc) is 2.74. The van der Waals surface area contributed by atoms with Crippen molar-refractivity contribution in [3.8, 4) is 5.75 Å². The Balaban J connectivity index is 2.63. The highest BCUT2D eigenvalue weighted by Crippen LogP contribution is 2.41. The zero-order valence-electron chi connectivity index (χ0n) is 18.1. The van der Waals surface area contributed by atoms with Crippen molar-refractivity contribution in [1.29, 1.82) is 0 Å². The van der Waals surface area contributed by atoms with Gasteiger partial charge in [0.2, 0.25) is 0 Å². The lowest BCUT2D eigenvalue weighted by molar-refractivity contribution is -0.125. The van der Waals surface area contributed by atoms with Gasteiger partial charge in [0.1, 0.15) is 5.75 Å². The van der Waals surface area contributed by atoms with E-state index in [0.29, 0.717) is 12.0 Å². The Hall–Kier alpha value is -2.34. The monoisotopic (exact) mass is 388 g/mol. The number of nitrogens with one attached hydrogen (secondary N) is 1. The van der Waals surface area contributed by atoms with Crippen LogP contribution < -0.4 is 5.48 Å². The van der Waals surface area contributed by atoms with Gasteiger partial charge in [0, 0.05) is 23.1 Å². The van der Waals surface area contributed by atoms with Gasteiger partial charge in [0.25, 0.3) is 5.91 Å². The molecule has 6 nitrogen and oxygen atoms in total. The lowest BCUT2D eigenvalue weighted by Crippen LogP contribution is -2.49. The molecule has 0 spiro atoms. The molecule has 0 radical (unpaired) electrons. The van der Waals surface area contributed by atoms with Gasteiger partial charge >= 0.3 is 6.03 Å². The third-order valence-corrected chi connectivity index (χ3v) is 5.09. The number of amides is 3. The highest BCUT2D eigenvalue weighted by atomic mass is 16.5. The second-order valence-corrected chi connectivity index (χ2v) is 10.2. The number of likely N-dealkylation sites (tertiary alicyclic amines) is 1. The van der Waals surface area contributed by atoms with Crippen LogP contribution in [0.15, 0.2) is 17.7 Å². The van der Waals surface area contributed by atoms with Crippen molar-refractivity contribution in [2.75, 3.05) is 0 Å². The first-order valence-electron chi connectivity index (χ1n) is 9.47. The fourth-order valence-corrected chi connectivity index (χ4v) is 3.65. The summed E-state index contributed by atoms with van der Waals surface area (Å²) in [4.78, 5) is 25.8. The van der Waals surface area contributed by atoms with E-state index in [-0.39, 0.29) is 16.6 Å². The van der Waals surface area contributed by atoms with Crippen molar-refractivity contribution in [3.63, 3.8) is 0 Å². The third kappa shape index (κ3) is 4.07. The van der Waals surface area contributed by atoms with E-state index in [1.54, 1.807) is 25.4 Å². The Labute approximate surface area is 167 Å². The molecule has 1 saturated heterocycles. The topological polar surface area (TPSA) is 89.9 Å². The lowest BCUT2D eigenvalue weighted by atomic mass is 9.78. The third-order valence-electron chi connectivity index (χ3n) is 5.09. The van der Waals surface area contributed by atoms with Crippen LogP contribution in [0.4, 0.5) is 4.79 Å². The van der Waals surface area contributed by atoms with Crippen LogP contribution in [0.1, 0.15) is 78.5 Å². The fraction of sp³-hybridized carbons (Fsp3) is 0.545. The number of nitrogens with zero attached hydrogens (tertiary/aromatic N) is 1. The van der Waals surface area contributed by atoms with Crippen LogP contribution in [0.2, 0.25) is 0 Å². The summed E-state index contributed by atoms with van der Waals surface area (Å²) in [5.41, 5.74) is 3.15. The first kappa shape index (κ1) is 22.0. The SMILES string of the molecule is CC(C)(C)c1cc(C=C2CC(C)(C)N(C(=O)NO)C2=O)cc(C(C)(C)C)c1O. The maximum atomic E-state index is 12.8. The normalized spacial score (nSPS) is 18.7. The van der Waals surface area contributed by atoms with Gasteiger partial charge in [-0.15, -0.1) is 0 Å². The molecule has 1 aliphatic heterocycles. The van der Waals surface area contributed by atoms with E-state index >= 15 is 0 Å². The van der Waals surface area contributed by atoms with Crippen LogP contribution in [0.3, 0.4) is 0 Å². The largest absolute Gasteiger partial charge is 0.507 e. The molecule has 0 aromatic heterocycles. The van der Waals surface area contributed by atoms with E-state index in [2.05, 4.69) is 0 Å². The molecule has 0 aliphatic carbocycles. The molecule has 1 heterocycles. The maximum Gasteiger partial charge on any atom is 0.348 e. The number of hydroxylamine groups is 1. The zero-order valence-corrected chi connectivity index (χ0v) is 18.1. The number of benzene rings is 1. The van der Waals surface area contributed by atoms with E-state index in [1.165, 1.54) is 0 Å². The molecule has 6 heteroatoms. The first-order chi connectivity index (χ1) is 12.6.